The normalized spacial score (nSPS) is 13.9. The maximum atomic E-state index is 11.5. The van der Waals surface area contributed by atoms with E-state index >= 15 is 0 Å². The van der Waals surface area contributed by atoms with Crippen LogP contribution in [0.2, 0.25) is 0 Å². The van der Waals surface area contributed by atoms with Gasteiger partial charge in [0.15, 0.2) is 0 Å². The van der Waals surface area contributed by atoms with Crippen LogP contribution in [0.4, 0.5) is 0 Å². The molecule has 1 aliphatic rings. The van der Waals surface area contributed by atoms with Crippen LogP contribution < -0.4 is 4.74 Å². The van der Waals surface area contributed by atoms with E-state index in [1.165, 1.54) is 12.7 Å². The third-order valence-electron chi connectivity index (χ3n) is 4.09. The Balaban J connectivity index is 1.83. The number of aromatic amines is 1. The topological polar surface area (TPSA) is 51.3 Å². The van der Waals surface area contributed by atoms with Crippen molar-refractivity contribution >= 4 is 16.9 Å². The molecule has 0 saturated heterocycles. The molecule has 3 rings (SSSR count). The van der Waals surface area contributed by atoms with Gasteiger partial charge in [0.25, 0.3) is 0 Å². The van der Waals surface area contributed by atoms with E-state index in [4.69, 9.17) is 9.47 Å². The lowest BCUT2D eigenvalue weighted by Gasteiger charge is -2.12. The number of methoxy groups -OCH3 is 1. The highest BCUT2D eigenvalue weighted by atomic mass is 16.5. The number of nitrogens with one attached hydrogen (secondary N) is 1. The average molecular weight is 311 g/mol. The van der Waals surface area contributed by atoms with Crippen molar-refractivity contribution in [3.05, 3.63) is 53.3 Å². The summed E-state index contributed by atoms with van der Waals surface area (Å²) in [5.74, 6) is 0.606. The number of fused-ring (bicyclic) bond motifs is 1. The van der Waals surface area contributed by atoms with Gasteiger partial charge >= 0.3 is 5.97 Å². The monoisotopic (exact) mass is 311 g/mol. The van der Waals surface area contributed by atoms with E-state index in [0.29, 0.717) is 6.61 Å². The molecule has 0 atom stereocenters. The van der Waals surface area contributed by atoms with E-state index in [-0.39, 0.29) is 12.4 Å². The van der Waals surface area contributed by atoms with Gasteiger partial charge in [-0.15, -0.1) is 0 Å². The van der Waals surface area contributed by atoms with Crippen LogP contribution in [0.15, 0.2) is 42.1 Å². The summed E-state index contributed by atoms with van der Waals surface area (Å²) in [6.45, 7) is 2.60. The molecule has 1 N–H and O–H groups in total. The van der Waals surface area contributed by atoms with Crippen molar-refractivity contribution in [2.75, 3.05) is 13.7 Å². The fourth-order valence-electron chi connectivity index (χ4n) is 2.78. The first kappa shape index (κ1) is 15.4. The number of ether oxygens (including phenoxy) is 2. The molecule has 1 aliphatic carbocycles. The third-order valence-corrected chi connectivity index (χ3v) is 4.09. The minimum absolute atomic E-state index is 0.244. The van der Waals surface area contributed by atoms with Crippen molar-refractivity contribution in [2.24, 2.45) is 0 Å². The van der Waals surface area contributed by atoms with Gasteiger partial charge < -0.3 is 14.5 Å². The van der Waals surface area contributed by atoms with Crippen molar-refractivity contribution in [3.8, 4) is 5.75 Å². The van der Waals surface area contributed by atoms with Crippen molar-refractivity contribution in [2.45, 2.75) is 26.2 Å². The predicted octanol–water partition coefficient (Wildman–Crippen LogP) is 3.85. The molecule has 0 unspecified atom stereocenters. The van der Waals surface area contributed by atoms with Gasteiger partial charge in [-0.3, -0.25) is 4.79 Å². The Bertz CT molecular complexity index is 783. The summed E-state index contributed by atoms with van der Waals surface area (Å²) in [5, 5.41) is 1.00. The Labute approximate surface area is 135 Å². The maximum absolute atomic E-state index is 11.5. The number of aromatic nitrogens is 1. The number of hydrogen-bond acceptors (Lipinski definition) is 3. The van der Waals surface area contributed by atoms with Gasteiger partial charge in [-0.05, 0) is 48.6 Å². The van der Waals surface area contributed by atoms with Crippen molar-refractivity contribution in [1.82, 2.24) is 4.98 Å². The Morgan fingerprint density at radius 3 is 2.91 bits per heavy atom. The molecule has 0 spiro atoms. The van der Waals surface area contributed by atoms with Crippen LogP contribution in [0.3, 0.4) is 0 Å². The van der Waals surface area contributed by atoms with Crippen LogP contribution in [0, 0.1) is 6.92 Å². The van der Waals surface area contributed by atoms with Crippen LogP contribution in [-0.4, -0.2) is 24.7 Å². The van der Waals surface area contributed by atoms with Gasteiger partial charge in [-0.25, -0.2) is 0 Å². The number of carbonyl (C=O) groups excluding carboxylic acids is 1. The lowest BCUT2D eigenvalue weighted by Crippen LogP contribution is -2.04. The van der Waals surface area contributed by atoms with E-state index in [2.05, 4.69) is 29.3 Å². The second kappa shape index (κ2) is 6.73. The maximum Gasteiger partial charge on any atom is 0.310 e. The number of benzene rings is 1. The highest BCUT2D eigenvalue weighted by Crippen LogP contribution is 2.28. The molecule has 4 heteroatoms. The molecule has 0 amide bonds. The second-order valence-electron chi connectivity index (χ2n) is 5.78. The quantitative estimate of drug-likeness (QED) is 0.853. The zero-order valence-corrected chi connectivity index (χ0v) is 13.5. The van der Waals surface area contributed by atoms with Crippen molar-refractivity contribution < 1.29 is 14.3 Å². The molecule has 0 bridgehead atoms. The third kappa shape index (κ3) is 3.47. The lowest BCUT2D eigenvalue weighted by atomic mass is 10.1. The summed E-state index contributed by atoms with van der Waals surface area (Å²) in [6.07, 6.45) is 10.8. The van der Waals surface area contributed by atoms with Gasteiger partial charge in [-0.1, -0.05) is 18.2 Å². The molecule has 2 aromatic rings. The van der Waals surface area contributed by atoms with E-state index in [1.54, 1.807) is 0 Å². The number of allylic oxidation sites excluding steroid dienone is 2. The second-order valence-corrected chi connectivity index (χ2v) is 5.78. The highest BCUT2D eigenvalue weighted by molar-refractivity contribution is 5.89. The van der Waals surface area contributed by atoms with Crippen LogP contribution in [0.1, 0.15) is 24.0 Å². The van der Waals surface area contributed by atoms with E-state index in [1.807, 2.05) is 19.2 Å². The summed E-state index contributed by atoms with van der Waals surface area (Å²) >= 11 is 0. The smallest absolute Gasteiger partial charge is 0.310 e. The van der Waals surface area contributed by atoms with Crippen molar-refractivity contribution in [3.63, 3.8) is 0 Å². The van der Waals surface area contributed by atoms with E-state index in [9.17, 15) is 4.79 Å². The fourth-order valence-corrected chi connectivity index (χ4v) is 2.78. The van der Waals surface area contributed by atoms with Gasteiger partial charge in [0, 0.05) is 17.1 Å². The molecule has 1 aromatic carbocycles. The van der Waals surface area contributed by atoms with E-state index in [0.717, 1.165) is 40.6 Å². The summed E-state index contributed by atoms with van der Waals surface area (Å²) in [5.41, 5.74) is 4.21. The molecule has 4 nitrogen and oxygen atoms in total. The minimum Gasteiger partial charge on any atom is -0.489 e. The number of hydrogen-bond donors (Lipinski definition) is 1. The summed E-state index contributed by atoms with van der Waals surface area (Å²) in [6, 6.07) is 4.06. The molecule has 23 heavy (non-hydrogen) atoms. The van der Waals surface area contributed by atoms with Gasteiger partial charge in [0.1, 0.15) is 12.4 Å². The average Bonchev–Trinajstić information content (AvgIpc) is 2.95. The predicted molar refractivity (Wildman–Crippen MR) is 90.7 cm³/mol. The number of esters is 1. The highest BCUT2D eigenvalue weighted by Gasteiger charge is 2.12. The number of carbonyl (C=O) groups is 1. The zero-order chi connectivity index (χ0) is 16.2. The molecule has 0 aliphatic heterocycles. The molecular formula is C19H21NO3. The zero-order valence-electron chi connectivity index (χ0n) is 13.5. The van der Waals surface area contributed by atoms with Crippen molar-refractivity contribution in [1.29, 1.82) is 0 Å². The molecule has 0 fully saturated rings. The first-order chi connectivity index (χ1) is 11.2. The summed E-state index contributed by atoms with van der Waals surface area (Å²) in [7, 11) is 1.40. The largest absolute Gasteiger partial charge is 0.489 e. The lowest BCUT2D eigenvalue weighted by molar-refractivity contribution is -0.139. The number of rotatable bonds is 5. The Morgan fingerprint density at radius 2 is 2.17 bits per heavy atom. The standard InChI is InChI=1S/C19H21NO3/c1-13-8-17-16(15(11-20-17)9-19(21)22-2)10-18(13)23-12-14-6-4-3-5-7-14/h4,6-8,10-11,20H,3,5,9,12H2,1-2H3. The molecule has 0 saturated carbocycles. The minimum atomic E-state index is -0.244. The molecular weight excluding hydrogens is 290 g/mol. The Kier molecular flexibility index (Phi) is 4.51. The number of H-pyrrole nitrogens is 1. The van der Waals surface area contributed by atoms with Gasteiger partial charge in [-0.2, -0.15) is 0 Å². The van der Waals surface area contributed by atoms with Crippen LogP contribution in [0.25, 0.3) is 10.9 Å². The Morgan fingerprint density at radius 1 is 1.30 bits per heavy atom. The summed E-state index contributed by atoms with van der Waals surface area (Å²) < 4.78 is 10.7. The van der Waals surface area contributed by atoms with Crippen LogP contribution in [0.5, 0.6) is 5.75 Å². The van der Waals surface area contributed by atoms with E-state index < -0.39 is 0 Å². The van der Waals surface area contributed by atoms with Gasteiger partial charge in [0.2, 0.25) is 0 Å². The molecule has 1 heterocycles. The number of aryl methyl sites for hydroxylation is 1. The molecule has 120 valence electrons. The summed E-state index contributed by atoms with van der Waals surface area (Å²) in [4.78, 5) is 14.7. The molecule has 1 aromatic heterocycles. The SMILES string of the molecule is COC(=O)Cc1c[nH]c2cc(C)c(OCC3=CCCC=C3)cc12. The molecule has 0 radical (unpaired) electrons. The van der Waals surface area contributed by atoms with Crippen LogP contribution >= 0.6 is 0 Å². The van der Waals surface area contributed by atoms with Crippen LogP contribution in [-0.2, 0) is 16.0 Å². The first-order valence-corrected chi connectivity index (χ1v) is 7.83. The van der Waals surface area contributed by atoms with Gasteiger partial charge in [0.05, 0.1) is 13.5 Å². The fraction of sp³-hybridized carbons (Fsp3) is 0.316. The first-order valence-electron chi connectivity index (χ1n) is 7.83. The Hall–Kier alpha value is -2.49.